The third-order valence-electron chi connectivity index (χ3n) is 6.79. The number of carbonyl (C=O) groups is 1. The molecule has 0 bridgehead atoms. The Bertz CT molecular complexity index is 636. The summed E-state index contributed by atoms with van der Waals surface area (Å²) in [5.41, 5.74) is -0.140. The normalized spacial score (nSPS) is 28.6. The maximum atomic E-state index is 13.4. The summed E-state index contributed by atoms with van der Waals surface area (Å²) >= 11 is 0. The second-order valence-electron chi connectivity index (χ2n) is 8.88. The van der Waals surface area contributed by atoms with E-state index in [4.69, 9.17) is 0 Å². The minimum Gasteiger partial charge on any atom is -0.339 e. The van der Waals surface area contributed by atoms with Crippen LogP contribution in [-0.4, -0.2) is 56.1 Å². The molecule has 0 unspecified atom stereocenters. The van der Waals surface area contributed by atoms with Gasteiger partial charge in [-0.15, -0.1) is 10.2 Å². The summed E-state index contributed by atoms with van der Waals surface area (Å²) in [5.74, 6) is 1.47. The average Bonchev–Trinajstić information content (AvgIpc) is 3.27. The monoisotopic (exact) mass is 359 g/mol. The van der Waals surface area contributed by atoms with Crippen LogP contribution in [0.5, 0.6) is 0 Å². The van der Waals surface area contributed by atoms with Crippen LogP contribution in [0, 0.1) is 5.41 Å². The molecule has 1 aromatic heterocycles. The zero-order valence-corrected chi connectivity index (χ0v) is 16.4. The van der Waals surface area contributed by atoms with E-state index in [1.807, 2.05) is 6.33 Å². The van der Waals surface area contributed by atoms with Gasteiger partial charge in [0, 0.05) is 25.2 Å². The fourth-order valence-corrected chi connectivity index (χ4v) is 5.32. The summed E-state index contributed by atoms with van der Waals surface area (Å²) in [4.78, 5) is 18.1. The zero-order valence-electron chi connectivity index (χ0n) is 16.4. The van der Waals surface area contributed by atoms with Crippen LogP contribution in [0.15, 0.2) is 6.33 Å². The number of amides is 1. The maximum absolute atomic E-state index is 13.4. The smallest absolute Gasteiger partial charge is 0.230 e. The largest absolute Gasteiger partial charge is 0.339 e. The quantitative estimate of drug-likeness (QED) is 0.829. The maximum Gasteiger partial charge on any atom is 0.230 e. The van der Waals surface area contributed by atoms with Crippen LogP contribution in [0.2, 0.25) is 0 Å². The van der Waals surface area contributed by atoms with Crippen LogP contribution < -0.4 is 0 Å². The Morgan fingerprint density at radius 1 is 1.15 bits per heavy atom. The van der Waals surface area contributed by atoms with Crippen LogP contribution in [0.1, 0.15) is 77.1 Å². The van der Waals surface area contributed by atoms with Gasteiger partial charge in [0.05, 0.1) is 12.0 Å². The van der Waals surface area contributed by atoms with Gasteiger partial charge in [0.15, 0.2) is 0 Å². The topological polar surface area (TPSA) is 54.3 Å². The van der Waals surface area contributed by atoms with E-state index in [-0.39, 0.29) is 5.41 Å². The third kappa shape index (κ3) is 3.28. The van der Waals surface area contributed by atoms with Crippen LogP contribution >= 0.6 is 0 Å². The van der Waals surface area contributed by atoms with E-state index in [1.165, 1.54) is 32.1 Å². The van der Waals surface area contributed by atoms with Crippen molar-refractivity contribution in [2.24, 2.45) is 5.41 Å². The Morgan fingerprint density at radius 3 is 2.73 bits per heavy atom. The van der Waals surface area contributed by atoms with Crippen LogP contribution in [0.25, 0.3) is 0 Å². The van der Waals surface area contributed by atoms with E-state index in [9.17, 15) is 4.79 Å². The molecule has 2 saturated heterocycles. The summed E-state index contributed by atoms with van der Waals surface area (Å²) in [6.45, 7) is 7.98. The molecule has 1 atom stereocenters. The van der Waals surface area contributed by atoms with E-state index in [0.29, 0.717) is 18.0 Å². The lowest BCUT2D eigenvalue weighted by Gasteiger charge is -2.44. The Morgan fingerprint density at radius 2 is 1.96 bits per heavy atom. The van der Waals surface area contributed by atoms with Gasteiger partial charge in [-0.05, 0) is 52.5 Å². The molecule has 3 heterocycles. The zero-order chi connectivity index (χ0) is 18.1. The van der Waals surface area contributed by atoms with Gasteiger partial charge in [0.2, 0.25) is 5.91 Å². The molecule has 2 aliphatic heterocycles. The van der Waals surface area contributed by atoms with E-state index < -0.39 is 0 Å². The fraction of sp³-hybridized carbons (Fsp3) is 0.850. The molecule has 6 heteroatoms. The number of hydrogen-bond donors (Lipinski definition) is 0. The fourth-order valence-electron chi connectivity index (χ4n) is 5.32. The van der Waals surface area contributed by atoms with Crippen molar-refractivity contribution in [3.63, 3.8) is 0 Å². The van der Waals surface area contributed by atoms with E-state index in [2.05, 4.69) is 38.4 Å². The lowest BCUT2D eigenvalue weighted by molar-refractivity contribution is -0.149. The van der Waals surface area contributed by atoms with Gasteiger partial charge >= 0.3 is 0 Å². The van der Waals surface area contributed by atoms with Crippen molar-refractivity contribution in [1.29, 1.82) is 0 Å². The Hall–Kier alpha value is -1.43. The first-order valence-corrected chi connectivity index (χ1v) is 10.5. The molecule has 1 spiro atoms. The molecular weight excluding hydrogens is 326 g/mol. The van der Waals surface area contributed by atoms with Gasteiger partial charge in [-0.1, -0.05) is 19.3 Å². The summed E-state index contributed by atoms with van der Waals surface area (Å²) in [7, 11) is 0. The number of nitrogens with zero attached hydrogens (tertiary/aromatic N) is 5. The molecular formula is C20H33N5O. The number of likely N-dealkylation sites (tertiary alicyclic amines) is 2. The van der Waals surface area contributed by atoms with E-state index in [0.717, 1.165) is 51.3 Å². The predicted molar refractivity (Wildman–Crippen MR) is 101 cm³/mol. The summed E-state index contributed by atoms with van der Waals surface area (Å²) in [6, 6.07) is 0.876. The molecule has 144 valence electrons. The van der Waals surface area contributed by atoms with Gasteiger partial charge in [-0.3, -0.25) is 9.69 Å². The Balaban J connectivity index is 1.44. The number of aromatic nitrogens is 3. The average molecular weight is 360 g/mol. The highest BCUT2D eigenvalue weighted by Crippen LogP contribution is 2.42. The van der Waals surface area contributed by atoms with Crippen molar-refractivity contribution in [3.05, 3.63) is 12.2 Å². The van der Waals surface area contributed by atoms with Crippen molar-refractivity contribution < 1.29 is 4.79 Å². The molecule has 3 fully saturated rings. The van der Waals surface area contributed by atoms with Crippen LogP contribution in [0.3, 0.4) is 0 Å². The number of hydrogen-bond acceptors (Lipinski definition) is 4. The number of rotatable bonds is 4. The number of carbonyl (C=O) groups excluding carboxylic acids is 1. The second-order valence-corrected chi connectivity index (χ2v) is 8.88. The van der Waals surface area contributed by atoms with E-state index >= 15 is 0 Å². The first kappa shape index (κ1) is 18.0. The molecule has 4 rings (SSSR count). The van der Waals surface area contributed by atoms with Gasteiger partial charge < -0.3 is 9.47 Å². The molecule has 0 N–H and O–H groups in total. The molecule has 0 radical (unpaired) electrons. The lowest BCUT2D eigenvalue weighted by atomic mass is 9.77. The van der Waals surface area contributed by atoms with Gasteiger partial charge in [-0.2, -0.15) is 0 Å². The molecule has 3 aliphatic rings. The van der Waals surface area contributed by atoms with Crippen molar-refractivity contribution in [1.82, 2.24) is 24.6 Å². The molecule has 1 aliphatic carbocycles. The Labute approximate surface area is 156 Å². The van der Waals surface area contributed by atoms with Crippen molar-refractivity contribution >= 4 is 5.91 Å². The van der Waals surface area contributed by atoms with Crippen molar-refractivity contribution in [2.45, 2.75) is 83.8 Å². The highest BCUT2D eigenvalue weighted by molar-refractivity contribution is 5.84. The molecule has 1 saturated carbocycles. The third-order valence-corrected chi connectivity index (χ3v) is 6.79. The standard InChI is InChI=1S/C20H33N5O/c1-16(2)25-15-21-22-18(25)13-23-12-10-20(14-23)9-6-11-24(19(20)26)17-7-4-3-5-8-17/h15-17H,3-14H2,1-2H3/t20-/m1/s1. The van der Waals surface area contributed by atoms with E-state index in [1.54, 1.807) is 0 Å². The minimum absolute atomic E-state index is 0.140. The van der Waals surface area contributed by atoms with Crippen LogP contribution in [-0.2, 0) is 11.3 Å². The SMILES string of the molecule is CC(C)n1cnnc1CN1CC[C@]2(CCCN(C3CCCCC3)C2=O)C1. The highest BCUT2D eigenvalue weighted by atomic mass is 16.2. The van der Waals surface area contributed by atoms with Crippen molar-refractivity contribution in [2.75, 3.05) is 19.6 Å². The summed E-state index contributed by atoms with van der Waals surface area (Å²) < 4.78 is 2.14. The molecule has 0 aromatic carbocycles. The summed E-state index contributed by atoms with van der Waals surface area (Å²) in [6.07, 6.45) is 11.4. The minimum atomic E-state index is -0.140. The highest BCUT2D eigenvalue weighted by Gasteiger charge is 2.49. The first-order valence-electron chi connectivity index (χ1n) is 10.5. The van der Waals surface area contributed by atoms with Crippen LogP contribution in [0.4, 0.5) is 0 Å². The number of piperidine rings is 1. The van der Waals surface area contributed by atoms with Crippen molar-refractivity contribution in [3.8, 4) is 0 Å². The van der Waals surface area contributed by atoms with Gasteiger partial charge in [0.25, 0.3) is 0 Å². The second kappa shape index (κ2) is 7.29. The first-order chi connectivity index (χ1) is 12.6. The van der Waals surface area contributed by atoms with Gasteiger partial charge in [0.1, 0.15) is 12.2 Å². The molecule has 1 aromatic rings. The molecule has 1 amide bonds. The summed E-state index contributed by atoms with van der Waals surface area (Å²) in [5, 5.41) is 8.41. The lowest BCUT2D eigenvalue weighted by Crippen LogP contribution is -2.54. The predicted octanol–water partition coefficient (Wildman–Crippen LogP) is 3.01. The van der Waals surface area contributed by atoms with Gasteiger partial charge in [-0.25, -0.2) is 0 Å². The molecule has 26 heavy (non-hydrogen) atoms. The molecule has 6 nitrogen and oxygen atoms in total. The Kier molecular flexibility index (Phi) is 5.04.